The third kappa shape index (κ3) is 2.57. The quantitative estimate of drug-likeness (QED) is 0.602. The van der Waals surface area contributed by atoms with E-state index in [-0.39, 0.29) is 11.8 Å². The summed E-state index contributed by atoms with van der Waals surface area (Å²) in [5.41, 5.74) is 2.23. The van der Waals surface area contributed by atoms with Gasteiger partial charge in [-0.2, -0.15) is 0 Å². The van der Waals surface area contributed by atoms with Crippen LogP contribution in [0.5, 0.6) is 0 Å². The maximum atomic E-state index is 13.4. The van der Waals surface area contributed by atoms with Crippen LogP contribution in [0, 0.1) is 0 Å². The molecule has 0 N–H and O–H groups in total. The molecule has 0 aliphatic carbocycles. The maximum absolute atomic E-state index is 13.4. The van der Waals surface area contributed by atoms with Crippen LogP contribution in [0.25, 0.3) is 10.8 Å². The van der Waals surface area contributed by atoms with Crippen molar-refractivity contribution < 1.29 is 19.2 Å². The Bertz CT molecular complexity index is 1230. The van der Waals surface area contributed by atoms with E-state index in [1.165, 1.54) is 9.80 Å². The number of carbonyl (C=O) groups excluding carboxylic acids is 4. The van der Waals surface area contributed by atoms with Gasteiger partial charge in [-0.15, -0.1) is 0 Å². The van der Waals surface area contributed by atoms with E-state index in [0.29, 0.717) is 46.0 Å². The molecule has 2 heterocycles. The molecule has 3 aromatic carbocycles. The Labute approximate surface area is 179 Å². The van der Waals surface area contributed by atoms with E-state index in [2.05, 4.69) is 0 Å². The molecule has 4 amide bonds. The van der Waals surface area contributed by atoms with E-state index in [0.717, 1.165) is 5.56 Å². The van der Waals surface area contributed by atoms with Gasteiger partial charge in [0.1, 0.15) is 0 Å². The van der Waals surface area contributed by atoms with E-state index in [9.17, 15) is 19.2 Å². The lowest BCUT2D eigenvalue weighted by molar-refractivity contribution is 0.0542. The number of carbonyl (C=O) groups is 4. The summed E-state index contributed by atoms with van der Waals surface area (Å²) in [6, 6.07) is 15.3. The minimum atomic E-state index is -0.458. The van der Waals surface area contributed by atoms with Gasteiger partial charge < -0.3 is 0 Å². The predicted molar refractivity (Wildman–Crippen MR) is 115 cm³/mol. The van der Waals surface area contributed by atoms with Crippen LogP contribution in [0.15, 0.2) is 54.6 Å². The molecule has 6 nitrogen and oxygen atoms in total. The predicted octanol–water partition coefficient (Wildman–Crippen LogP) is 4.20. The number of benzene rings is 3. The topological polar surface area (TPSA) is 74.8 Å². The van der Waals surface area contributed by atoms with Crippen molar-refractivity contribution in [2.75, 3.05) is 6.54 Å². The lowest BCUT2D eigenvalue weighted by atomic mass is 9.85. The molecule has 2 aliphatic heterocycles. The first-order valence-electron chi connectivity index (χ1n) is 10.3. The van der Waals surface area contributed by atoms with Gasteiger partial charge in [-0.1, -0.05) is 37.3 Å². The van der Waals surface area contributed by atoms with E-state index in [1.807, 2.05) is 44.2 Å². The number of hydrogen-bond donors (Lipinski definition) is 0. The Morgan fingerprint density at radius 3 is 1.58 bits per heavy atom. The zero-order valence-corrected chi connectivity index (χ0v) is 17.2. The number of hydrogen-bond acceptors (Lipinski definition) is 4. The monoisotopic (exact) mass is 412 g/mol. The van der Waals surface area contributed by atoms with Crippen molar-refractivity contribution in [2.24, 2.45) is 0 Å². The van der Waals surface area contributed by atoms with E-state index >= 15 is 0 Å². The van der Waals surface area contributed by atoms with Gasteiger partial charge in [0.2, 0.25) is 0 Å². The molecule has 0 spiro atoms. The molecule has 0 saturated heterocycles. The zero-order valence-electron chi connectivity index (χ0n) is 17.2. The SMILES string of the molecule is CCCN1C(=O)c2ccc3c4c(ccc(c24)C1=O)C(=O)N(C(C)c1ccccc1)C3=O. The first kappa shape index (κ1) is 19.2. The lowest BCUT2D eigenvalue weighted by Gasteiger charge is -2.34. The third-order valence-electron chi connectivity index (χ3n) is 6.13. The van der Waals surface area contributed by atoms with Crippen LogP contribution >= 0.6 is 0 Å². The number of nitrogens with zero attached hydrogens (tertiary/aromatic N) is 2. The van der Waals surface area contributed by atoms with Gasteiger partial charge in [0.25, 0.3) is 23.6 Å². The first-order valence-corrected chi connectivity index (χ1v) is 10.3. The third-order valence-corrected chi connectivity index (χ3v) is 6.13. The molecule has 0 saturated carbocycles. The summed E-state index contributed by atoms with van der Waals surface area (Å²) >= 11 is 0. The molecule has 1 atom stereocenters. The molecule has 0 fully saturated rings. The van der Waals surface area contributed by atoms with E-state index in [1.54, 1.807) is 24.3 Å². The molecule has 1 unspecified atom stereocenters. The van der Waals surface area contributed by atoms with Gasteiger partial charge in [-0.25, -0.2) is 0 Å². The smallest absolute Gasteiger partial charge is 0.261 e. The summed E-state index contributed by atoms with van der Waals surface area (Å²) in [5.74, 6) is -1.62. The van der Waals surface area contributed by atoms with Crippen molar-refractivity contribution in [2.45, 2.75) is 26.3 Å². The minimum absolute atomic E-state index is 0.322. The van der Waals surface area contributed by atoms with Crippen LogP contribution in [0.3, 0.4) is 0 Å². The van der Waals surface area contributed by atoms with E-state index in [4.69, 9.17) is 0 Å². The fourth-order valence-corrected chi connectivity index (χ4v) is 4.60. The van der Waals surface area contributed by atoms with Crippen molar-refractivity contribution in [3.05, 3.63) is 82.4 Å². The summed E-state index contributed by atoms with van der Waals surface area (Å²) < 4.78 is 0. The normalized spacial score (nSPS) is 16.3. The van der Waals surface area contributed by atoms with Crippen LogP contribution in [-0.4, -0.2) is 40.0 Å². The lowest BCUT2D eigenvalue weighted by Crippen LogP contribution is -2.44. The summed E-state index contributed by atoms with van der Waals surface area (Å²) in [4.78, 5) is 55.3. The molecule has 2 aliphatic rings. The molecular weight excluding hydrogens is 392 g/mol. The second kappa shape index (κ2) is 6.87. The molecule has 31 heavy (non-hydrogen) atoms. The Morgan fingerprint density at radius 2 is 1.13 bits per heavy atom. The van der Waals surface area contributed by atoms with Crippen LogP contribution in [0.2, 0.25) is 0 Å². The van der Waals surface area contributed by atoms with Gasteiger partial charge >= 0.3 is 0 Å². The second-order valence-corrected chi connectivity index (χ2v) is 7.90. The van der Waals surface area contributed by atoms with Crippen LogP contribution in [0.4, 0.5) is 0 Å². The number of rotatable bonds is 4. The molecule has 5 rings (SSSR count). The highest BCUT2D eigenvalue weighted by atomic mass is 16.2. The van der Waals surface area contributed by atoms with Crippen LogP contribution in [0.1, 0.15) is 73.3 Å². The van der Waals surface area contributed by atoms with Crippen molar-refractivity contribution in [3.63, 3.8) is 0 Å². The van der Waals surface area contributed by atoms with Crippen molar-refractivity contribution in [1.29, 1.82) is 0 Å². The highest BCUT2D eigenvalue weighted by Gasteiger charge is 2.40. The Balaban J connectivity index is 1.71. The van der Waals surface area contributed by atoms with Crippen LogP contribution < -0.4 is 0 Å². The summed E-state index contributed by atoms with van der Waals surface area (Å²) in [6.45, 7) is 4.03. The first-order chi connectivity index (χ1) is 15.0. The molecule has 0 bridgehead atoms. The Hall–Kier alpha value is -3.80. The molecule has 3 aromatic rings. The molecule has 154 valence electrons. The highest BCUT2D eigenvalue weighted by Crippen LogP contribution is 2.39. The second-order valence-electron chi connectivity index (χ2n) is 7.90. The van der Waals surface area contributed by atoms with Crippen molar-refractivity contribution >= 4 is 34.4 Å². The largest absolute Gasteiger partial charge is 0.274 e. The Morgan fingerprint density at radius 1 is 0.677 bits per heavy atom. The van der Waals surface area contributed by atoms with Crippen molar-refractivity contribution in [3.8, 4) is 0 Å². The van der Waals surface area contributed by atoms with Crippen LogP contribution in [-0.2, 0) is 0 Å². The maximum Gasteiger partial charge on any atom is 0.261 e. The number of amides is 4. The highest BCUT2D eigenvalue weighted by molar-refractivity contribution is 6.33. The fraction of sp³-hybridized carbons (Fsp3) is 0.200. The van der Waals surface area contributed by atoms with Gasteiger partial charge in [0.15, 0.2) is 0 Å². The van der Waals surface area contributed by atoms with Gasteiger partial charge in [-0.05, 0) is 43.2 Å². The number of imide groups is 2. The Kier molecular flexibility index (Phi) is 4.25. The fourth-order valence-electron chi connectivity index (χ4n) is 4.60. The summed E-state index contributed by atoms with van der Waals surface area (Å²) in [7, 11) is 0. The summed E-state index contributed by atoms with van der Waals surface area (Å²) in [6.07, 6.45) is 0.648. The molecular formula is C25H20N2O4. The molecule has 0 radical (unpaired) electrons. The van der Waals surface area contributed by atoms with Crippen molar-refractivity contribution in [1.82, 2.24) is 9.80 Å². The average Bonchev–Trinajstić information content (AvgIpc) is 2.79. The summed E-state index contributed by atoms with van der Waals surface area (Å²) in [5, 5.41) is 0.811. The molecule has 0 aromatic heterocycles. The molecule has 6 heteroatoms. The van der Waals surface area contributed by atoms with Gasteiger partial charge in [0, 0.05) is 39.6 Å². The average molecular weight is 412 g/mol. The van der Waals surface area contributed by atoms with Gasteiger partial charge in [-0.3, -0.25) is 29.0 Å². The minimum Gasteiger partial charge on any atom is -0.274 e. The standard InChI is InChI=1S/C25H20N2O4/c1-3-13-26-22(28)16-9-11-18-21-19(12-10-17(20(16)21)23(26)29)25(31)27(24(18)30)14(2)15-7-5-4-6-8-15/h4-12,14H,3,13H2,1-2H3. The van der Waals surface area contributed by atoms with Gasteiger partial charge in [0.05, 0.1) is 6.04 Å². The zero-order chi connectivity index (χ0) is 21.9. The van der Waals surface area contributed by atoms with E-state index < -0.39 is 17.9 Å².